The lowest BCUT2D eigenvalue weighted by Gasteiger charge is -2.08. The molecule has 0 heterocycles. The van der Waals surface area contributed by atoms with E-state index < -0.39 is 5.97 Å². The molecule has 1 amide bonds. The number of hydrogen-bond donors (Lipinski definition) is 2. The van der Waals surface area contributed by atoms with Gasteiger partial charge in [0.2, 0.25) is 5.91 Å². The molecule has 0 atom stereocenters. The zero-order valence-corrected chi connectivity index (χ0v) is 15.8. The van der Waals surface area contributed by atoms with E-state index in [2.05, 4.69) is 37.4 Å². The summed E-state index contributed by atoms with van der Waals surface area (Å²) < 4.78 is 5.08. The molecule has 0 radical (unpaired) electrons. The number of thioether (sulfide) groups is 1. The lowest BCUT2D eigenvalue weighted by molar-refractivity contribution is -0.139. The van der Waals surface area contributed by atoms with Gasteiger partial charge in [-0.15, -0.1) is 11.8 Å². The Balaban J connectivity index is 1.70. The molecule has 0 aliphatic rings. The maximum Gasteiger partial charge on any atom is 0.341 e. The van der Waals surface area contributed by atoms with Crippen LogP contribution < -0.4 is 10.1 Å². The summed E-state index contributed by atoms with van der Waals surface area (Å²) in [5, 5.41) is 11.5. The number of carbonyl (C=O) groups excluding carboxylic acids is 1. The second-order valence-electron chi connectivity index (χ2n) is 5.98. The van der Waals surface area contributed by atoms with E-state index in [0.717, 1.165) is 10.5 Å². The first kappa shape index (κ1) is 19.8. The molecule has 0 spiro atoms. The van der Waals surface area contributed by atoms with Crippen LogP contribution in [0, 0.1) is 13.8 Å². The molecule has 0 aliphatic carbocycles. The number of nitrogens with one attached hydrogen (secondary N) is 1. The Bertz CT molecular complexity index is 759. The number of carboxylic acid groups (broad SMARTS) is 1. The normalized spacial score (nSPS) is 10.4. The molecule has 0 bridgehead atoms. The number of aliphatic carboxylic acids is 1. The van der Waals surface area contributed by atoms with E-state index in [9.17, 15) is 9.59 Å². The molecule has 0 unspecified atom stereocenters. The highest BCUT2D eigenvalue weighted by Gasteiger charge is 2.05. The van der Waals surface area contributed by atoms with Crippen LogP contribution in [0.25, 0.3) is 0 Å². The molecule has 0 saturated carbocycles. The van der Waals surface area contributed by atoms with Gasteiger partial charge in [0.05, 0.1) is 5.75 Å². The highest BCUT2D eigenvalue weighted by atomic mass is 32.2. The fourth-order valence-electron chi connectivity index (χ4n) is 2.40. The van der Waals surface area contributed by atoms with Crippen molar-refractivity contribution in [3.05, 3.63) is 59.2 Å². The van der Waals surface area contributed by atoms with E-state index in [1.54, 1.807) is 23.9 Å². The van der Waals surface area contributed by atoms with Crippen LogP contribution in [0.1, 0.15) is 16.7 Å². The summed E-state index contributed by atoms with van der Waals surface area (Å²) in [6.45, 7) is 4.31. The first-order valence-electron chi connectivity index (χ1n) is 8.34. The van der Waals surface area contributed by atoms with Gasteiger partial charge in [0.15, 0.2) is 6.61 Å². The van der Waals surface area contributed by atoms with Gasteiger partial charge in [0.1, 0.15) is 5.75 Å². The SMILES string of the molecule is Cc1ccc(SCC(=O)NCCc2ccc(OCC(=O)O)cc2)c(C)c1. The summed E-state index contributed by atoms with van der Waals surface area (Å²) in [6.07, 6.45) is 0.708. The minimum absolute atomic E-state index is 0.0105. The Kier molecular flexibility index (Phi) is 7.53. The molecular weight excluding hydrogens is 350 g/mol. The molecule has 0 aromatic heterocycles. The number of ether oxygens (including phenoxy) is 1. The van der Waals surface area contributed by atoms with Gasteiger partial charge >= 0.3 is 5.97 Å². The summed E-state index contributed by atoms with van der Waals surface area (Å²) >= 11 is 1.54. The summed E-state index contributed by atoms with van der Waals surface area (Å²) in [4.78, 5) is 23.6. The minimum atomic E-state index is -1.00. The van der Waals surface area contributed by atoms with Crippen LogP contribution in [-0.4, -0.2) is 35.9 Å². The van der Waals surface area contributed by atoms with Crippen molar-refractivity contribution in [3.63, 3.8) is 0 Å². The summed E-state index contributed by atoms with van der Waals surface area (Å²) in [5.41, 5.74) is 3.46. The maximum absolute atomic E-state index is 12.0. The van der Waals surface area contributed by atoms with E-state index >= 15 is 0 Å². The van der Waals surface area contributed by atoms with Crippen LogP contribution in [0.3, 0.4) is 0 Å². The molecule has 0 saturated heterocycles. The van der Waals surface area contributed by atoms with Gasteiger partial charge < -0.3 is 15.2 Å². The second kappa shape index (κ2) is 9.87. The number of carbonyl (C=O) groups is 2. The summed E-state index contributed by atoms with van der Waals surface area (Å²) in [6, 6.07) is 13.4. The Hall–Kier alpha value is -2.47. The lowest BCUT2D eigenvalue weighted by atomic mass is 10.1. The maximum atomic E-state index is 12.0. The zero-order chi connectivity index (χ0) is 18.9. The fraction of sp³-hybridized carbons (Fsp3) is 0.300. The average Bonchev–Trinajstić information content (AvgIpc) is 2.60. The van der Waals surface area contributed by atoms with Crippen molar-refractivity contribution in [2.24, 2.45) is 0 Å². The third-order valence-electron chi connectivity index (χ3n) is 3.71. The Morgan fingerprint density at radius 2 is 1.85 bits per heavy atom. The lowest BCUT2D eigenvalue weighted by Crippen LogP contribution is -2.27. The van der Waals surface area contributed by atoms with Gasteiger partial charge in [-0.3, -0.25) is 4.79 Å². The van der Waals surface area contributed by atoms with Crippen molar-refractivity contribution in [1.29, 1.82) is 0 Å². The number of carboxylic acids is 1. The van der Waals surface area contributed by atoms with Crippen LogP contribution >= 0.6 is 11.8 Å². The minimum Gasteiger partial charge on any atom is -0.482 e. The summed E-state index contributed by atoms with van der Waals surface area (Å²) in [7, 11) is 0. The van der Waals surface area contributed by atoms with Crippen LogP contribution in [0.15, 0.2) is 47.4 Å². The van der Waals surface area contributed by atoms with Gasteiger partial charge in [0, 0.05) is 11.4 Å². The molecule has 2 N–H and O–H groups in total. The summed E-state index contributed by atoms with van der Waals surface area (Å²) in [5.74, 6) is -0.0804. The molecule has 2 aromatic carbocycles. The molecule has 138 valence electrons. The first-order chi connectivity index (χ1) is 12.4. The molecule has 26 heavy (non-hydrogen) atoms. The van der Waals surface area contributed by atoms with Crippen molar-refractivity contribution in [3.8, 4) is 5.75 Å². The highest BCUT2D eigenvalue weighted by Crippen LogP contribution is 2.22. The van der Waals surface area contributed by atoms with E-state index in [1.165, 1.54) is 11.1 Å². The van der Waals surface area contributed by atoms with Gasteiger partial charge in [0.25, 0.3) is 0 Å². The van der Waals surface area contributed by atoms with Gasteiger partial charge in [-0.1, -0.05) is 29.8 Å². The molecule has 6 heteroatoms. The quantitative estimate of drug-likeness (QED) is 0.660. The number of amides is 1. The molecule has 2 rings (SSSR count). The largest absolute Gasteiger partial charge is 0.482 e. The number of aryl methyl sites for hydroxylation is 2. The van der Waals surface area contributed by atoms with Crippen LogP contribution in [0.4, 0.5) is 0 Å². The van der Waals surface area contributed by atoms with Crippen molar-refractivity contribution < 1.29 is 19.4 Å². The Morgan fingerprint density at radius 1 is 1.12 bits per heavy atom. The third kappa shape index (κ3) is 6.80. The third-order valence-corrected chi connectivity index (χ3v) is 4.89. The topological polar surface area (TPSA) is 75.6 Å². The van der Waals surface area contributed by atoms with E-state index in [0.29, 0.717) is 24.5 Å². The van der Waals surface area contributed by atoms with Gasteiger partial charge in [-0.2, -0.15) is 0 Å². The van der Waals surface area contributed by atoms with Crippen LogP contribution in [-0.2, 0) is 16.0 Å². The molecular formula is C20H23NO4S. The Labute approximate surface area is 157 Å². The van der Waals surface area contributed by atoms with Gasteiger partial charge in [-0.25, -0.2) is 4.79 Å². The first-order valence-corrected chi connectivity index (χ1v) is 9.33. The Morgan fingerprint density at radius 3 is 2.50 bits per heavy atom. The molecule has 2 aromatic rings. The molecule has 0 fully saturated rings. The van der Waals surface area contributed by atoms with Crippen LogP contribution in [0.5, 0.6) is 5.75 Å². The standard InChI is InChI=1S/C20H23NO4S/c1-14-3-8-18(15(2)11-14)26-13-19(22)21-10-9-16-4-6-17(7-5-16)25-12-20(23)24/h3-8,11H,9-10,12-13H2,1-2H3,(H,21,22)(H,23,24). The molecule has 0 aliphatic heterocycles. The number of rotatable bonds is 9. The highest BCUT2D eigenvalue weighted by molar-refractivity contribution is 8.00. The zero-order valence-electron chi connectivity index (χ0n) is 15.0. The molecule has 5 nitrogen and oxygen atoms in total. The second-order valence-corrected chi connectivity index (χ2v) is 7.00. The predicted molar refractivity (Wildman–Crippen MR) is 103 cm³/mol. The smallest absolute Gasteiger partial charge is 0.341 e. The van der Waals surface area contributed by atoms with Crippen LogP contribution in [0.2, 0.25) is 0 Å². The average molecular weight is 373 g/mol. The van der Waals surface area contributed by atoms with Crippen molar-refractivity contribution in [2.75, 3.05) is 18.9 Å². The monoisotopic (exact) mass is 373 g/mol. The van der Waals surface area contributed by atoms with E-state index in [4.69, 9.17) is 9.84 Å². The van der Waals surface area contributed by atoms with E-state index in [-0.39, 0.29) is 12.5 Å². The van der Waals surface area contributed by atoms with E-state index in [1.807, 2.05) is 12.1 Å². The fourth-order valence-corrected chi connectivity index (χ4v) is 3.24. The van der Waals surface area contributed by atoms with Gasteiger partial charge in [-0.05, 0) is 49.6 Å². The van der Waals surface area contributed by atoms with Crippen molar-refractivity contribution in [2.45, 2.75) is 25.2 Å². The van der Waals surface area contributed by atoms with Crippen molar-refractivity contribution >= 4 is 23.6 Å². The number of hydrogen-bond acceptors (Lipinski definition) is 4. The van der Waals surface area contributed by atoms with Crippen molar-refractivity contribution in [1.82, 2.24) is 5.32 Å². The number of benzene rings is 2. The predicted octanol–water partition coefficient (Wildman–Crippen LogP) is 3.22.